The molecule has 1 aliphatic heterocycles. The van der Waals surface area contributed by atoms with E-state index >= 15 is 0 Å². The van der Waals surface area contributed by atoms with Crippen LogP contribution >= 0.6 is 0 Å². The van der Waals surface area contributed by atoms with Crippen molar-refractivity contribution in [2.24, 2.45) is 0 Å². The molecule has 0 radical (unpaired) electrons. The Balaban J connectivity index is 1.82. The minimum absolute atomic E-state index is 0.0553. The van der Waals surface area contributed by atoms with Crippen LogP contribution in [0.25, 0.3) is 0 Å². The van der Waals surface area contributed by atoms with Gasteiger partial charge < -0.3 is 14.4 Å². The van der Waals surface area contributed by atoms with Gasteiger partial charge >= 0.3 is 5.97 Å². The number of rotatable bonds is 7. The Kier molecular flexibility index (Phi) is 6.59. The summed E-state index contributed by atoms with van der Waals surface area (Å²) in [5.74, 6) is -0.887. The lowest BCUT2D eigenvalue weighted by atomic mass is 10.1. The number of carbonyl (C=O) groups excluding carboxylic acids is 3. The van der Waals surface area contributed by atoms with Crippen LogP contribution in [0.15, 0.2) is 24.3 Å². The number of carbonyl (C=O) groups is 3. The Morgan fingerprint density at radius 3 is 2.37 bits per heavy atom. The van der Waals surface area contributed by atoms with Crippen molar-refractivity contribution in [3.63, 3.8) is 0 Å². The molecule has 1 aromatic carbocycles. The average Bonchev–Trinajstić information content (AvgIpc) is 2.98. The SMILES string of the molecule is CC(=O)c1ccc(OCC(=O)O[C@H](C)C(=O)N(C)[C@@H]2CCS(=O)(=O)C2)cc1. The fraction of sp³-hybridized carbons (Fsp3) is 0.500. The average molecular weight is 397 g/mol. The second kappa shape index (κ2) is 8.51. The summed E-state index contributed by atoms with van der Waals surface area (Å²) in [6.07, 6.45) is -0.667. The summed E-state index contributed by atoms with van der Waals surface area (Å²) < 4.78 is 33.4. The van der Waals surface area contributed by atoms with Crippen LogP contribution in [0, 0.1) is 0 Å². The highest BCUT2D eigenvalue weighted by Crippen LogP contribution is 2.18. The second-order valence-corrected chi connectivity index (χ2v) is 8.74. The second-order valence-electron chi connectivity index (χ2n) is 6.51. The number of esters is 1. The number of likely N-dealkylation sites (N-methyl/N-ethyl adjacent to an activating group) is 1. The van der Waals surface area contributed by atoms with Gasteiger partial charge in [0.15, 0.2) is 28.3 Å². The van der Waals surface area contributed by atoms with E-state index in [1.807, 2.05) is 0 Å². The van der Waals surface area contributed by atoms with Gasteiger partial charge in [0.2, 0.25) is 0 Å². The number of hydrogen-bond acceptors (Lipinski definition) is 7. The van der Waals surface area contributed by atoms with Crippen LogP contribution in [0.2, 0.25) is 0 Å². The highest BCUT2D eigenvalue weighted by Gasteiger charge is 2.34. The van der Waals surface area contributed by atoms with Crippen LogP contribution in [-0.4, -0.2) is 68.3 Å². The summed E-state index contributed by atoms with van der Waals surface area (Å²) in [6.45, 7) is 2.49. The molecule has 0 saturated carbocycles. The van der Waals surface area contributed by atoms with Gasteiger partial charge in [0.05, 0.1) is 11.5 Å². The Morgan fingerprint density at radius 1 is 1.22 bits per heavy atom. The lowest BCUT2D eigenvalue weighted by molar-refractivity contribution is -0.160. The van der Waals surface area contributed by atoms with E-state index in [1.165, 1.54) is 25.8 Å². The van der Waals surface area contributed by atoms with Crippen molar-refractivity contribution in [2.45, 2.75) is 32.4 Å². The van der Waals surface area contributed by atoms with E-state index in [2.05, 4.69) is 0 Å². The van der Waals surface area contributed by atoms with E-state index < -0.39 is 40.5 Å². The van der Waals surface area contributed by atoms with Crippen molar-refractivity contribution in [1.29, 1.82) is 0 Å². The molecule has 2 atom stereocenters. The monoisotopic (exact) mass is 397 g/mol. The van der Waals surface area contributed by atoms with E-state index in [0.29, 0.717) is 17.7 Å². The minimum Gasteiger partial charge on any atom is -0.482 e. The van der Waals surface area contributed by atoms with Crippen molar-refractivity contribution < 1.29 is 32.3 Å². The van der Waals surface area contributed by atoms with Crippen molar-refractivity contribution in [2.75, 3.05) is 25.2 Å². The molecule has 27 heavy (non-hydrogen) atoms. The van der Waals surface area contributed by atoms with Crippen LogP contribution < -0.4 is 4.74 Å². The van der Waals surface area contributed by atoms with Gasteiger partial charge in [-0.1, -0.05) is 0 Å². The van der Waals surface area contributed by atoms with Gasteiger partial charge in [-0.2, -0.15) is 0 Å². The Hall–Kier alpha value is -2.42. The molecular weight excluding hydrogens is 374 g/mol. The van der Waals surface area contributed by atoms with E-state index in [4.69, 9.17) is 9.47 Å². The molecule has 2 rings (SSSR count). The Labute approximate surface area is 158 Å². The zero-order valence-corrected chi connectivity index (χ0v) is 16.3. The quantitative estimate of drug-likeness (QED) is 0.496. The highest BCUT2D eigenvalue weighted by atomic mass is 32.2. The zero-order chi connectivity index (χ0) is 20.2. The number of amides is 1. The van der Waals surface area contributed by atoms with Gasteiger partial charge in [0.25, 0.3) is 5.91 Å². The summed E-state index contributed by atoms with van der Waals surface area (Å²) in [5, 5.41) is 0. The molecule has 0 bridgehead atoms. The molecule has 1 saturated heterocycles. The van der Waals surface area contributed by atoms with Crippen LogP contribution in [-0.2, 0) is 24.2 Å². The number of Topliss-reactive ketones (excluding diaryl/α,β-unsaturated/α-hetero) is 1. The molecule has 9 heteroatoms. The fourth-order valence-corrected chi connectivity index (χ4v) is 4.53. The smallest absolute Gasteiger partial charge is 0.344 e. The largest absolute Gasteiger partial charge is 0.482 e. The number of hydrogen-bond donors (Lipinski definition) is 0. The summed E-state index contributed by atoms with van der Waals surface area (Å²) >= 11 is 0. The molecule has 148 valence electrons. The van der Waals surface area contributed by atoms with Crippen LogP contribution in [0.5, 0.6) is 5.75 Å². The Bertz CT molecular complexity index is 817. The maximum absolute atomic E-state index is 12.3. The summed E-state index contributed by atoms with van der Waals surface area (Å²) in [4.78, 5) is 36.8. The van der Waals surface area contributed by atoms with Gasteiger partial charge in [-0.25, -0.2) is 13.2 Å². The van der Waals surface area contributed by atoms with Gasteiger partial charge in [-0.05, 0) is 44.5 Å². The number of benzene rings is 1. The maximum Gasteiger partial charge on any atom is 0.344 e. The van der Waals surface area contributed by atoms with E-state index in [9.17, 15) is 22.8 Å². The molecule has 1 aliphatic rings. The van der Waals surface area contributed by atoms with E-state index in [1.54, 1.807) is 24.3 Å². The van der Waals surface area contributed by atoms with E-state index in [0.717, 1.165) is 0 Å². The third kappa shape index (κ3) is 5.78. The molecular formula is C18H23NO7S. The third-order valence-corrected chi connectivity index (χ3v) is 6.13. The molecule has 1 heterocycles. The topological polar surface area (TPSA) is 107 Å². The predicted octanol–water partition coefficient (Wildman–Crippen LogP) is 0.845. The first kappa shape index (κ1) is 20.9. The molecule has 1 amide bonds. The number of nitrogens with zero attached hydrogens (tertiary/aromatic N) is 1. The molecule has 8 nitrogen and oxygen atoms in total. The first-order chi connectivity index (χ1) is 12.6. The van der Waals surface area contributed by atoms with Gasteiger partial charge in [-0.3, -0.25) is 9.59 Å². The lowest BCUT2D eigenvalue weighted by Crippen LogP contribution is -2.44. The third-order valence-electron chi connectivity index (χ3n) is 4.38. The molecule has 0 spiro atoms. The lowest BCUT2D eigenvalue weighted by Gasteiger charge is -2.26. The summed E-state index contributed by atoms with van der Waals surface area (Å²) in [6, 6.07) is 5.89. The minimum atomic E-state index is -3.11. The molecule has 1 aromatic rings. The maximum atomic E-state index is 12.3. The van der Waals surface area contributed by atoms with Gasteiger partial charge in [-0.15, -0.1) is 0 Å². The number of ketones is 1. The number of sulfone groups is 1. The van der Waals surface area contributed by atoms with Crippen LogP contribution in [0.1, 0.15) is 30.6 Å². The highest BCUT2D eigenvalue weighted by molar-refractivity contribution is 7.91. The normalized spacial score (nSPS) is 19.1. The zero-order valence-electron chi connectivity index (χ0n) is 15.5. The predicted molar refractivity (Wildman–Crippen MR) is 97.3 cm³/mol. The van der Waals surface area contributed by atoms with Gasteiger partial charge in [0.1, 0.15) is 5.75 Å². The van der Waals surface area contributed by atoms with Crippen molar-refractivity contribution in [1.82, 2.24) is 4.90 Å². The first-order valence-electron chi connectivity index (χ1n) is 8.49. The van der Waals surface area contributed by atoms with Crippen molar-refractivity contribution in [3.05, 3.63) is 29.8 Å². The standard InChI is InChI=1S/C18H23NO7S/c1-12(20)14-4-6-16(7-5-14)25-10-17(21)26-13(2)18(22)19(3)15-8-9-27(23,24)11-15/h4-7,13,15H,8-11H2,1-3H3/t13-,15-/m1/s1. The summed E-state index contributed by atoms with van der Waals surface area (Å²) in [7, 11) is -1.61. The van der Waals surface area contributed by atoms with Crippen LogP contribution in [0.4, 0.5) is 0 Å². The number of ether oxygens (including phenoxy) is 2. The summed E-state index contributed by atoms with van der Waals surface area (Å²) in [5.41, 5.74) is 0.529. The Morgan fingerprint density at radius 2 is 1.85 bits per heavy atom. The molecule has 0 aliphatic carbocycles. The van der Waals surface area contributed by atoms with Crippen molar-refractivity contribution in [3.8, 4) is 5.75 Å². The van der Waals surface area contributed by atoms with E-state index in [-0.39, 0.29) is 17.3 Å². The molecule has 0 N–H and O–H groups in total. The first-order valence-corrected chi connectivity index (χ1v) is 10.3. The van der Waals surface area contributed by atoms with Gasteiger partial charge in [0, 0.05) is 18.7 Å². The molecule has 1 fully saturated rings. The van der Waals surface area contributed by atoms with Crippen LogP contribution in [0.3, 0.4) is 0 Å². The fourth-order valence-electron chi connectivity index (χ4n) is 2.76. The molecule has 0 unspecified atom stereocenters. The van der Waals surface area contributed by atoms with Crippen molar-refractivity contribution >= 4 is 27.5 Å². The molecule has 0 aromatic heterocycles.